The van der Waals surface area contributed by atoms with Crippen LogP contribution in [0.15, 0.2) is 24.4 Å². The van der Waals surface area contributed by atoms with Gasteiger partial charge in [-0.05, 0) is 24.1 Å². The molecule has 0 aliphatic heterocycles. The van der Waals surface area contributed by atoms with E-state index in [0.29, 0.717) is 17.9 Å². The van der Waals surface area contributed by atoms with Crippen LogP contribution in [0.5, 0.6) is 0 Å². The van der Waals surface area contributed by atoms with Crippen LogP contribution in [0, 0.1) is 5.82 Å². The second kappa shape index (κ2) is 5.46. The summed E-state index contributed by atoms with van der Waals surface area (Å²) in [6.45, 7) is 0. The fourth-order valence-electron chi connectivity index (χ4n) is 1.80. The van der Waals surface area contributed by atoms with Gasteiger partial charge in [-0.1, -0.05) is 22.9 Å². The van der Waals surface area contributed by atoms with E-state index in [2.05, 4.69) is 10.3 Å². The normalized spacial score (nSPS) is 12.7. The molecule has 2 N–H and O–H groups in total. The Morgan fingerprint density at radius 2 is 2.22 bits per heavy atom. The summed E-state index contributed by atoms with van der Waals surface area (Å²) < 4.78 is 14.5. The maximum Gasteiger partial charge on any atom is 0.124 e. The molecule has 1 unspecified atom stereocenters. The van der Waals surface area contributed by atoms with Crippen LogP contribution < -0.4 is 5.73 Å². The van der Waals surface area contributed by atoms with Crippen molar-refractivity contribution in [2.75, 3.05) is 0 Å². The van der Waals surface area contributed by atoms with Crippen LogP contribution in [0.3, 0.4) is 0 Å². The Hall–Kier alpha value is -1.46. The molecule has 0 aliphatic rings. The predicted molar refractivity (Wildman–Crippen MR) is 67.8 cm³/mol. The van der Waals surface area contributed by atoms with Crippen LogP contribution in [-0.4, -0.2) is 21.0 Å². The minimum atomic E-state index is -0.341. The lowest BCUT2D eigenvalue weighted by Gasteiger charge is -2.11. The molecule has 96 valence electrons. The van der Waals surface area contributed by atoms with Gasteiger partial charge in [0, 0.05) is 30.7 Å². The number of rotatable bonds is 4. The first kappa shape index (κ1) is 13.0. The molecule has 4 nitrogen and oxygen atoms in total. The second-order valence-corrected chi connectivity index (χ2v) is 4.69. The zero-order chi connectivity index (χ0) is 13.1. The van der Waals surface area contributed by atoms with Gasteiger partial charge in [-0.3, -0.25) is 4.68 Å². The van der Waals surface area contributed by atoms with Gasteiger partial charge in [0.25, 0.3) is 0 Å². The lowest BCUT2D eigenvalue weighted by molar-refractivity contribution is 0.622. The third kappa shape index (κ3) is 3.27. The largest absolute Gasteiger partial charge is 0.327 e. The van der Waals surface area contributed by atoms with Gasteiger partial charge in [-0.25, -0.2) is 4.39 Å². The van der Waals surface area contributed by atoms with Gasteiger partial charge in [-0.2, -0.15) is 0 Å². The Kier molecular flexibility index (Phi) is 3.93. The molecule has 2 aromatic rings. The zero-order valence-electron chi connectivity index (χ0n) is 9.98. The van der Waals surface area contributed by atoms with Gasteiger partial charge in [-0.15, -0.1) is 5.10 Å². The molecule has 0 radical (unpaired) electrons. The van der Waals surface area contributed by atoms with Crippen LogP contribution >= 0.6 is 11.6 Å². The summed E-state index contributed by atoms with van der Waals surface area (Å²) in [6.07, 6.45) is 3.02. The van der Waals surface area contributed by atoms with E-state index in [9.17, 15) is 4.39 Å². The number of nitrogens with two attached hydrogens (primary N) is 1. The molecule has 0 amide bonds. The lowest BCUT2D eigenvalue weighted by atomic mass is 10.0. The summed E-state index contributed by atoms with van der Waals surface area (Å²) in [7, 11) is 1.80. The van der Waals surface area contributed by atoms with Crippen molar-refractivity contribution >= 4 is 11.6 Å². The van der Waals surface area contributed by atoms with Gasteiger partial charge in [0.05, 0.1) is 5.69 Å². The summed E-state index contributed by atoms with van der Waals surface area (Å²) in [6, 6.07) is 4.22. The highest BCUT2D eigenvalue weighted by atomic mass is 35.5. The zero-order valence-corrected chi connectivity index (χ0v) is 10.7. The quantitative estimate of drug-likeness (QED) is 0.919. The highest BCUT2D eigenvalue weighted by Crippen LogP contribution is 2.19. The van der Waals surface area contributed by atoms with E-state index in [0.717, 1.165) is 11.3 Å². The lowest BCUT2D eigenvalue weighted by Crippen LogP contribution is -2.25. The maximum atomic E-state index is 12.9. The number of nitrogens with zero attached hydrogens (tertiary/aromatic N) is 3. The molecule has 0 saturated carbocycles. The number of hydrogen-bond acceptors (Lipinski definition) is 3. The molecular weight excluding hydrogens is 255 g/mol. The van der Waals surface area contributed by atoms with Crippen molar-refractivity contribution < 1.29 is 4.39 Å². The molecule has 0 saturated heterocycles. The first-order chi connectivity index (χ1) is 8.54. The average Bonchev–Trinajstić information content (AvgIpc) is 2.68. The Labute approximate surface area is 110 Å². The Morgan fingerprint density at radius 1 is 1.44 bits per heavy atom. The summed E-state index contributed by atoms with van der Waals surface area (Å²) >= 11 is 5.95. The predicted octanol–water partition coefficient (Wildman–Crippen LogP) is 1.72. The van der Waals surface area contributed by atoms with E-state index >= 15 is 0 Å². The molecule has 0 aliphatic carbocycles. The highest BCUT2D eigenvalue weighted by Gasteiger charge is 2.10. The van der Waals surface area contributed by atoms with Gasteiger partial charge < -0.3 is 5.73 Å². The van der Waals surface area contributed by atoms with Crippen molar-refractivity contribution in [3.8, 4) is 0 Å². The maximum absolute atomic E-state index is 12.9. The molecule has 1 heterocycles. The number of aryl methyl sites for hydroxylation is 1. The van der Waals surface area contributed by atoms with Gasteiger partial charge >= 0.3 is 0 Å². The van der Waals surface area contributed by atoms with Crippen molar-refractivity contribution in [2.45, 2.75) is 18.9 Å². The van der Waals surface area contributed by atoms with Crippen LogP contribution in [0.25, 0.3) is 0 Å². The van der Waals surface area contributed by atoms with Crippen LogP contribution in [0.2, 0.25) is 5.02 Å². The molecule has 18 heavy (non-hydrogen) atoms. The third-order valence-corrected chi connectivity index (χ3v) is 2.97. The summed E-state index contributed by atoms with van der Waals surface area (Å²) in [4.78, 5) is 0. The number of aromatic nitrogens is 3. The molecule has 2 rings (SSSR count). The molecule has 0 fully saturated rings. The monoisotopic (exact) mass is 268 g/mol. The molecule has 1 atom stereocenters. The topological polar surface area (TPSA) is 56.7 Å². The van der Waals surface area contributed by atoms with Crippen molar-refractivity contribution in [1.29, 1.82) is 0 Å². The smallest absolute Gasteiger partial charge is 0.124 e. The number of halogens is 2. The van der Waals surface area contributed by atoms with Crippen LogP contribution in [0.1, 0.15) is 11.3 Å². The minimum Gasteiger partial charge on any atom is -0.327 e. The van der Waals surface area contributed by atoms with Crippen molar-refractivity contribution in [3.63, 3.8) is 0 Å². The van der Waals surface area contributed by atoms with E-state index in [4.69, 9.17) is 17.3 Å². The van der Waals surface area contributed by atoms with E-state index in [1.807, 2.05) is 6.20 Å². The number of benzene rings is 1. The van der Waals surface area contributed by atoms with Crippen LogP contribution in [-0.2, 0) is 19.9 Å². The van der Waals surface area contributed by atoms with E-state index in [1.54, 1.807) is 17.8 Å². The Morgan fingerprint density at radius 3 is 2.83 bits per heavy atom. The summed E-state index contributed by atoms with van der Waals surface area (Å²) in [5.41, 5.74) is 7.70. The van der Waals surface area contributed by atoms with Gasteiger partial charge in [0.2, 0.25) is 0 Å². The molecule has 1 aromatic carbocycles. The summed E-state index contributed by atoms with van der Waals surface area (Å²) in [5, 5.41) is 8.22. The van der Waals surface area contributed by atoms with Crippen molar-refractivity contribution in [3.05, 3.63) is 46.5 Å². The van der Waals surface area contributed by atoms with Gasteiger partial charge in [0.1, 0.15) is 5.82 Å². The fourth-order valence-corrected chi connectivity index (χ4v) is 2.04. The van der Waals surface area contributed by atoms with E-state index in [-0.39, 0.29) is 11.9 Å². The average molecular weight is 269 g/mol. The second-order valence-electron chi connectivity index (χ2n) is 4.29. The Balaban J connectivity index is 2.00. The molecule has 0 spiro atoms. The van der Waals surface area contributed by atoms with Crippen molar-refractivity contribution in [1.82, 2.24) is 15.0 Å². The molecule has 1 aromatic heterocycles. The molecular formula is C12H14ClFN4. The SMILES string of the molecule is Cn1cc(CC(N)Cc2ccc(F)cc2Cl)nn1. The first-order valence-corrected chi connectivity index (χ1v) is 5.97. The van der Waals surface area contributed by atoms with Gasteiger partial charge in [0.15, 0.2) is 0 Å². The van der Waals surface area contributed by atoms with Crippen LogP contribution in [0.4, 0.5) is 4.39 Å². The standard InChI is InChI=1S/C12H14ClFN4/c1-18-7-11(16-17-18)6-10(15)4-8-2-3-9(14)5-12(8)13/h2-3,5,7,10H,4,6,15H2,1H3. The summed E-state index contributed by atoms with van der Waals surface area (Å²) in [5.74, 6) is -0.341. The Bertz CT molecular complexity index is 541. The van der Waals surface area contributed by atoms with Crippen molar-refractivity contribution in [2.24, 2.45) is 12.8 Å². The highest BCUT2D eigenvalue weighted by molar-refractivity contribution is 6.31. The van der Waals surface area contributed by atoms with E-state index in [1.165, 1.54) is 12.1 Å². The van der Waals surface area contributed by atoms with E-state index < -0.39 is 0 Å². The first-order valence-electron chi connectivity index (χ1n) is 5.59. The number of hydrogen-bond donors (Lipinski definition) is 1. The fraction of sp³-hybridized carbons (Fsp3) is 0.333. The third-order valence-electron chi connectivity index (χ3n) is 2.62. The molecule has 6 heteroatoms. The minimum absolute atomic E-state index is 0.121. The molecule has 0 bridgehead atoms.